The van der Waals surface area contributed by atoms with E-state index in [4.69, 9.17) is 5.73 Å². The normalized spacial score (nSPS) is 12.0. The first kappa shape index (κ1) is 17.1. The highest BCUT2D eigenvalue weighted by Crippen LogP contribution is 2.29. The van der Waals surface area contributed by atoms with Gasteiger partial charge >= 0.3 is 12.0 Å². The van der Waals surface area contributed by atoms with Crippen LogP contribution in [0.1, 0.15) is 16.2 Å². The molecule has 7 heteroatoms. The van der Waals surface area contributed by atoms with Gasteiger partial charge in [-0.2, -0.15) is 13.2 Å². The molecule has 0 bridgehead atoms. The fraction of sp³-hybridized carbons (Fsp3) is 0.100. The van der Waals surface area contributed by atoms with Gasteiger partial charge < -0.3 is 10.3 Å². The van der Waals surface area contributed by atoms with Crippen molar-refractivity contribution in [3.8, 4) is 0 Å². The lowest BCUT2D eigenvalue weighted by Crippen LogP contribution is -2.26. The van der Waals surface area contributed by atoms with E-state index in [1.165, 1.54) is 4.57 Å². The van der Waals surface area contributed by atoms with Crippen molar-refractivity contribution in [3.05, 3.63) is 72.1 Å². The van der Waals surface area contributed by atoms with Crippen LogP contribution in [0, 0.1) is 0 Å². The van der Waals surface area contributed by atoms with Crippen molar-refractivity contribution in [1.82, 2.24) is 9.55 Å². The van der Waals surface area contributed by atoms with Gasteiger partial charge in [0, 0.05) is 0 Å². The molecule has 0 amide bonds. The molecule has 27 heavy (non-hydrogen) atoms. The second-order valence-electron chi connectivity index (χ2n) is 6.20. The zero-order valence-electron chi connectivity index (χ0n) is 14.0. The first-order valence-electron chi connectivity index (χ1n) is 8.19. The van der Waals surface area contributed by atoms with Crippen LogP contribution in [0.5, 0.6) is 0 Å². The number of halogens is 3. The Morgan fingerprint density at radius 2 is 1.70 bits per heavy atom. The molecule has 0 unspecified atom stereocenters. The van der Waals surface area contributed by atoms with Crippen molar-refractivity contribution in [1.29, 1.82) is 0 Å². The highest BCUT2D eigenvalue weighted by atomic mass is 19.4. The number of anilines is 1. The molecule has 0 radical (unpaired) electrons. The molecule has 4 aromatic rings. The predicted octanol–water partition coefficient (Wildman–Crippen LogP) is 4.57. The van der Waals surface area contributed by atoms with Gasteiger partial charge in [0.1, 0.15) is 5.52 Å². The van der Waals surface area contributed by atoms with Crippen LogP contribution in [0.2, 0.25) is 0 Å². The molecule has 136 valence electrons. The topological polar surface area (TPSA) is 60.9 Å². The highest BCUT2D eigenvalue weighted by molar-refractivity contribution is 6.01. The van der Waals surface area contributed by atoms with Crippen molar-refractivity contribution in [3.63, 3.8) is 0 Å². The third kappa shape index (κ3) is 2.91. The van der Waals surface area contributed by atoms with Crippen LogP contribution in [0.3, 0.4) is 0 Å². The molecule has 0 saturated carbocycles. The number of carbonyl (C=O) groups is 1. The number of hydrogen-bond acceptors (Lipinski definition) is 3. The minimum Gasteiger partial charge on any atom is -0.397 e. The molecule has 4 nitrogen and oxygen atoms in total. The lowest BCUT2D eigenvalue weighted by atomic mass is 10.0. The van der Waals surface area contributed by atoms with Gasteiger partial charge in [-0.3, -0.25) is 4.79 Å². The van der Waals surface area contributed by atoms with Crippen LogP contribution < -0.4 is 5.73 Å². The van der Waals surface area contributed by atoms with Gasteiger partial charge in [-0.1, -0.05) is 48.5 Å². The Hall–Kier alpha value is -3.35. The van der Waals surface area contributed by atoms with Gasteiger partial charge in [-0.25, -0.2) is 4.98 Å². The molecule has 0 aliphatic heterocycles. The second kappa shape index (κ2) is 6.12. The minimum absolute atomic E-state index is 0.0679. The van der Waals surface area contributed by atoms with Crippen molar-refractivity contribution in [2.24, 2.45) is 0 Å². The van der Waals surface area contributed by atoms with E-state index in [0.717, 1.165) is 16.3 Å². The number of nitrogens with zero attached hydrogens (tertiary/aromatic N) is 2. The maximum atomic E-state index is 13.1. The van der Waals surface area contributed by atoms with Crippen molar-refractivity contribution < 1.29 is 18.0 Å². The number of ketones is 1. The van der Waals surface area contributed by atoms with Crippen LogP contribution in [-0.4, -0.2) is 21.5 Å². The number of para-hydroxylation sites is 1. The van der Waals surface area contributed by atoms with Gasteiger partial charge in [-0.05, 0) is 28.5 Å². The molecule has 0 aliphatic carbocycles. The molecule has 0 saturated heterocycles. The van der Waals surface area contributed by atoms with Crippen LogP contribution in [0.15, 0.2) is 60.7 Å². The number of nitrogens with two attached hydrogens (primary N) is 1. The Labute approximate surface area is 152 Å². The summed E-state index contributed by atoms with van der Waals surface area (Å²) in [5.74, 6) is -2.65. The first-order chi connectivity index (χ1) is 12.9. The number of rotatable bonds is 3. The Morgan fingerprint density at radius 3 is 2.48 bits per heavy atom. The summed E-state index contributed by atoms with van der Waals surface area (Å²) in [7, 11) is 0. The van der Waals surface area contributed by atoms with Crippen molar-refractivity contribution >= 4 is 33.3 Å². The standard InChI is InChI=1S/C20H14F3N3O/c21-20(22,23)18(27)19-25-17-15(24)9-4-10-16(17)26(19)11-13-7-3-6-12-5-1-2-8-14(12)13/h1-10H,11,24H2. The molecule has 3 aromatic carbocycles. The molecule has 4 rings (SSSR count). The third-order valence-corrected chi connectivity index (χ3v) is 4.48. The van der Waals surface area contributed by atoms with E-state index in [9.17, 15) is 18.0 Å². The molecule has 1 heterocycles. The maximum absolute atomic E-state index is 13.1. The highest BCUT2D eigenvalue weighted by Gasteiger charge is 2.42. The average Bonchev–Trinajstić information content (AvgIpc) is 3.00. The zero-order valence-corrected chi connectivity index (χ0v) is 14.0. The summed E-state index contributed by atoms with van der Waals surface area (Å²) in [5.41, 5.74) is 7.44. The SMILES string of the molecule is Nc1cccc2c1nc(C(=O)C(F)(F)F)n2Cc1cccc2ccccc12. The third-order valence-electron chi connectivity index (χ3n) is 4.48. The van der Waals surface area contributed by atoms with E-state index in [1.807, 2.05) is 42.5 Å². The van der Waals surface area contributed by atoms with Gasteiger partial charge in [0.2, 0.25) is 0 Å². The number of carbonyl (C=O) groups excluding carboxylic acids is 1. The Balaban J connectivity index is 1.94. The number of aromatic nitrogens is 2. The van der Waals surface area contributed by atoms with Crippen LogP contribution in [-0.2, 0) is 6.54 Å². The summed E-state index contributed by atoms with van der Waals surface area (Å²) in [5, 5.41) is 1.86. The van der Waals surface area contributed by atoms with Crippen molar-refractivity contribution in [2.45, 2.75) is 12.7 Å². The molecule has 0 spiro atoms. The van der Waals surface area contributed by atoms with E-state index in [0.29, 0.717) is 5.52 Å². The molecule has 2 N–H and O–H groups in total. The quantitative estimate of drug-likeness (QED) is 0.425. The maximum Gasteiger partial charge on any atom is 0.458 e. The monoisotopic (exact) mass is 369 g/mol. The summed E-state index contributed by atoms with van der Waals surface area (Å²) >= 11 is 0. The Kier molecular flexibility index (Phi) is 3.87. The lowest BCUT2D eigenvalue weighted by Gasteiger charge is -2.12. The average molecular weight is 369 g/mol. The van der Waals surface area contributed by atoms with E-state index in [2.05, 4.69) is 4.98 Å². The summed E-state index contributed by atoms with van der Waals surface area (Å²) in [6, 6.07) is 17.9. The van der Waals surface area contributed by atoms with Gasteiger partial charge in [-0.15, -0.1) is 0 Å². The van der Waals surface area contributed by atoms with E-state index >= 15 is 0 Å². The Morgan fingerprint density at radius 1 is 1.00 bits per heavy atom. The van der Waals surface area contributed by atoms with Gasteiger partial charge in [0.05, 0.1) is 17.7 Å². The summed E-state index contributed by atoms with van der Waals surface area (Å²) in [4.78, 5) is 15.9. The molecule has 1 aromatic heterocycles. The first-order valence-corrected chi connectivity index (χ1v) is 8.19. The summed E-state index contributed by atoms with van der Waals surface area (Å²) in [6.07, 6.45) is -5.02. The van der Waals surface area contributed by atoms with Gasteiger partial charge in [0.25, 0.3) is 0 Å². The summed E-state index contributed by atoms with van der Waals surface area (Å²) < 4.78 is 40.6. The number of fused-ring (bicyclic) bond motifs is 2. The van der Waals surface area contributed by atoms with Crippen LogP contribution in [0.25, 0.3) is 21.8 Å². The molecular formula is C20H14F3N3O. The number of imidazole rings is 1. The predicted molar refractivity (Wildman–Crippen MR) is 97.6 cm³/mol. The van der Waals surface area contributed by atoms with E-state index < -0.39 is 17.8 Å². The smallest absolute Gasteiger partial charge is 0.397 e. The van der Waals surface area contributed by atoms with Crippen LogP contribution >= 0.6 is 0 Å². The largest absolute Gasteiger partial charge is 0.458 e. The number of hydrogen-bond donors (Lipinski definition) is 1. The number of nitrogen functional groups attached to an aromatic ring is 1. The molecular weight excluding hydrogens is 355 g/mol. The molecule has 0 fully saturated rings. The molecule has 0 aliphatic rings. The van der Waals surface area contributed by atoms with Crippen LogP contribution in [0.4, 0.5) is 18.9 Å². The fourth-order valence-electron chi connectivity index (χ4n) is 3.23. The zero-order chi connectivity index (χ0) is 19.2. The number of benzene rings is 3. The lowest BCUT2D eigenvalue weighted by molar-refractivity contribution is -0.0893. The second-order valence-corrected chi connectivity index (χ2v) is 6.20. The molecule has 0 atom stereocenters. The Bertz CT molecular complexity index is 1170. The van der Waals surface area contributed by atoms with E-state index in [-0.39, 0.29) is 17.7 Å². The summed E-state index contributed by atoms with van der Waals surface area (Å²) in [6.45, 7) is 0.0679. The van der Waals surface area contributed by atoms with Crippen molar-refractivity contribution in [2.75, 3.05) is 5.73 Å². The minimum atomic E-state index is -5.02. The fourth-order valence-corrected chi connectivity index (χ4v) is 3.23. The number of alkyl halides is 3. The van der Waals surface area contributed by atoms with E-state index in [1.54, 1.807) is 18.2 Å². The number of Topliss-reactive ketones (excluding diaryl/α,β-unsaturated/α-hetero) is 1. The van der Waals surface area contributed by atoms with Gasteiger partial charge in [0.15, 0.2) is 5.82 Å².